The monoisotopic (exact) mass is 613 g/mol. The summed E-state index contributed by atoms with van der Waals surface area (Å²) in [6, 6.07) is 18.3. The quantitative estimate of drug-likeness (QED) is 0.0841. The number of carbonyl (C=O) groups is 2. The number of benzene rings is 3. The van der Waals surface area contributed by atoms with Crippen LogP contribution in [0.1, 0.15) is 48.5 Å². The second-order valence-corrected chi connectivity index (χ2v) is 9.55. The van der Waals surface area contributed by atoms with Crippen LogP contribution in [0, 0.1) is 20.2 Å². The van der Waals surface area contributed by atoms with Crippen molar-refractivity contribution in [1.29, 1.82) is 0 Å². The Labute approximate surface area is 255 Å². The van der Waals surface area contributed by atoms with Crippen LogP contribution < -0.4 is 16.1 Å². The maximum absolute atomic E-state index is 12.5. The molecule has 4 aromatic rings. The maximum Gasteiger partial charge on any atom is 0.275 e. The third-order valence-corrected chi connectivity index (χ3v) is 6.53. The number of pyridine rings is 1. The highest BCUT2D eigenvalue weighted by atomic mass is 16.6. The van der Waals surface area contributed by atoms with Gasteiger partial charge in [0.15, 0.2) is 0 Å². The Kier molecular flexibility index (Phi) is 10.6. The summed E-state index contributed by atoms with van der Waals surface area (Å²) >= 11 is 0. The Morgan fingerprint density at radius 1 is 0.756 bits per heavy atom. The minimum Gasteiger partial charge on any atom is -0.391 e. The lowest BCUT2D eigenvalue weighted by atomic mass is 10.1. The molecule has 4 rings (SSSR count). The number of nitrogens with zero attached hydrogens (tertiary/aromatic N) is 4. The van der Waals surface area contributed by atoms with Crippen molar-refractivity contribution < 1.29 is 29.6 Å². The van der Waals surface area contributed by atoms with E-state index < -0.39 is 29.0 Å². The summed E-state index contributed by atoms with van der Waals surface area (Å²) in [6.45, 7) is -0.818. The third kappa shape index (κ3) is 8.50. The minimum absolute atomic E-state index is 0.0418. The van der Waals surface area contributed by atoms with Gasteiger partial charge in [-0.05, 0) is 53.1 Å². The first-order valence-corrected chi connectivity index (χ1v) is 13.3. The lowest BCUT2D eigenvalue weighted by Gasteiger charge is -2.07. The molecule has 1 aromatic heterocycles. The van der Waals surface area contributed by atoms with Gasteiger partial charge in [-0.3, -0.25) is 35.2 Å². The molecule has 0 unspecified atom stereocenters. The van der Waals surface area contributed by atoms with Crippen molar-refractivity contribution in [1.82, 2.24) is 15.6 Å². The summed E-state index contributed by atoms with van der Waals surface area (Å²) in [5.41, 5.74) is 5.00. The average molecular weight is 614 g/mol. The largest absolute Gasteiger partial charge is 0.391 e. The van der Waals surface area contributed by atoms with Gasteiger partial charge >= 0.3 is 0 Å². The van der Waals surface area contributed by atoms with Gasteiger partial charge in [0.1, 0.15) is 5.82 Å². The fraction of sp³-hybridized carbons (Fsp3) is 0.133. The zero-order valence-electron chi connectivity index (χ0n) is 23.5. The first kappa shape index (κ1) is 31.9. The molecule has 230 valence electrons. The topological polar surface area (TPSA) is 222 Å². The molecule has 0 bridgehead atoms. The van der Waals surface area contributed by atoms with Crippen molar-refractivity contribution in [2.24, 2.45) is 5.10 Å². The van der Waals surface area contributed by atoms with Gasteiger partial charge in [0.2, 0.25) is 0 Å². The number of aromatic nitrogens is 1. The second kappa shape index (κ2) is 14.9. The molecule has 0 aliphatic carbocycles. The average Bonchev–Trinajstić information content (AvgIpc) is 3.06. The zero-order chi connectivity index (χ0) is 32.3. The molecule has 0 aliphatic rings. The predicted octanol–water partition coefficient (Wildman–Crippen LogP) is 3.19. The number of carbonyl (C=O) groups excluding carboxylic acids is 2. The smallest absolute Gasteiger partial charge is 0.275 e. The van der Waals surface area contributed by atoms with Crippen LogP contribution in [0.25, 0.3) is 0 Å². The van der Waals surface area contributed by atoms with Gasteiger partial charge in [0.05, 0.1) is 46.0 Å². The van der Waals surface area contributed by atoms with E-state index in [1.807, 2.05) is 0 Å². The van der Waals surface area contributed by atoms with Crippen molar-refractivity contribution in [2.45, 2.75) is 26.3 Å². The lowest BCUT2D eigenvalue weighted by molar-refractivity contribution is -0.386. The Morgan fingerprint density at radius 3 is 1.73 bits per heavy atom. The van der Waals surface area contributed by atoms with E-state index in [-0.39, 0.29) is 47.1 Å². The van der Waals surface area contributed by atoms with Gasteiger partial charge in [-0.15, -0.1) is 0 Å². The molecule has 15 nitrogen and oxygen atoms in total. The third-order valence-electron chi connectivity index (χ3n) is 6.53. The van der Waals surface area contributed by atoms with Gasteiger partial charge in [0.25, 0.3) is 23.2 Å². The van der Waals surface area contributed by atoms with Crippen LogP contribution >= 0.6 is 0 Å². The molecule has 1 heterocycles. The van der Waals surface area contributed by atoms with Crippen LogP contribution in [0.5, 0.6) is 0 Å². The molecule has 3 aromatic carbocycles. The SMILES string of the molecule is O=C(NCc1ccc(CO)c([N+](=O)[O-])c1)c1ccc(/C=N/Nc2ccc(C(=O)NCc3ccc(CO)c([N+](=O)[O-])c3)cn2)cc1. The van der Waals surface area contributed by atoms with Crippen molar-refractivity contribution in [3.8, 4) is 0 Å². The number of rotatable bonds is 13. The molecule has 15 heteroatoms. The first-order valence-electron chi connectivity index (χ1n) is 13.3. The van der Waals surface area contributed by atoms with E-state index in [1.165, 1.54) is 42.7 Å². The molecule has 0 saturated heterocycles. The molecule has 0 saturated carbocycles. The van der Waals surface area contributed by atoms with E-state index in [4.69, 9.17) is 0 Å². The fourth-order valence-electron chi connectivity index (χ4n) is 4.10. The van der Waals surface area contributed by atoms with E-state index >= 15 is 0 Å². The number of anilines is 1. The molecule has 45 heavy (non-hydrogen) atoms. The number of aliphatic hydroxyl groups excluding tert-OH is 2. The van der Waals surface area contributed by atoms with Crippen LogP contribution in [0.4, 0.5) is 17.2 Å². The normalized spacial score (nSPS) is 10.8. The second-order valence-electron chi connectivity index (χ2n) is 9.55. The fourth-order valence-corrected chi connectivity index (χ4v) is 4.10. The highest BCUT2D eigenvalue weighted by Gasteiger charge is 2.16. The Bertz CT molecular complexity index is 1740. The number of nitro benzene ring substituents is 2. The van der Waals surface area contributed by atoms with Gasteiger partial charge in [-0.1, -0.05) is 24.3 Å². The summed E-state index contributed by atoms with van der Waals surface area (Å²) in [4.78, 5) is 50.3. The predicted molar refractivity (Wildman–Crippen MR) is 162 cm³/mol. The van der Waals surface area contributed by atoms with E-state index in [2.05, 4.69) is 26.1 Å². The Morgan fingerprint density at radius 2 is 1.27 bits per heavy atom. The number of hydrazone groups is 1. The van der Waals surface area contributed by atoms with Crippen LogP contribution in [-0.2, 0) is 26.3 Å². The summed E-state index contributed by atoms with van der Waals surface area (Å²) in [5.74, 6) is -0.447. The number of amides is 2. The molecule has 2 amide bonds. The van der Waals surface area contributed by atoms with Crippen molar-refractivity contribution in [2.75, 3.05) is 5.43 Å². The van der Waals surface area contributed by atoms with E-state index in [1.54, 1.807) is 42.5 Å². The lowest BCUT2D eigenvalue weighted by Crippen LogP contribution is -2.23. The highest BCUT2D eigenvalue weighted by Crippen LogP contribution is 2.21. The molecule has 0 spiro atoms. The van der Waals surface area contributed by atoms with Crippen LogP contribution in [0.15, 0.2) is 84.1 Å². The van der Waals surface area contributed by atoms with E-state index in [9.17, 15) is 40.0 Å². The summed E-state index contributed by atoms with van der Waals surface area (Å²) < 4.78 is 0. The number of hydrogen-bond donors (Lipinski definition) is 5. The molecule has 0 fully saturated rings. The van der Waals surface area contributed by atoms with Crippen LogP contribution in [0.3, 0.4) is 0 Å². The Balaban J connectivity index is 1.26. The molecule has 0 atom stereocenters. The van der Waals surface area contributed by atoms with Crippen LogP contribution in [-0.4, -0.2) is 43.1 Å². The molecule has 0 radical (unpaired) electrons. The van der Waals surface area contributed by atoms with Gasteiger partial charge < -0.3 is 20.8 Å². The van der Waals surface area contributed by atoms with Gasteiger partial charge in [-0.2, -0.15) is 5.10 Å². The zero-order valence-corrected chi connectivity index (χ0v) is 23.5. The molecule has 0 aliphatic heterocycles. The number of aliphatic hydroxyl groups is 2. The van der Waals surface area contributed by atoms with Crippen molar-refractivity contribution >= 4 is 35.2 Å². The number of nitrogens with one attached hydrogen (secondary N) is 3. The standard InChI is InChI=1S/C30H27N7O8/c38-17-24-7-3-20(11-26(24)36(42)43)13-32-29(40)22-5-1-19(2-6-22)15-34-35-28-10-9-23(16-31-28)30(41)33-14-21-4-8-25(18-39)27(12-21)37(44)45/h1-12,15-16,38-39H,13-14,17-18H2,(H,31,35)(H,32,40)(H,33,41)/b34-15+. The Hall–Kier alpha value is -6.06. The van der Waals surface area contributed by atoms with E-state index in [0.717, 1.165) is 0 Å². The molecular formula is C30H27N7O8. The van der Waals surface area contributed by atoms with Crippen molar-refractivity contribution in [3.05, 3.63) is 138 Å². The van der Waals surface area contributed by atoms with Crippen molar-refractivity contribution in [3.63, 3.8) is 0 Å². The number of hydrogen-bond acceptors (Lipinski definition) is 11. The summed E-state index contributed by atoms with van der Waals surface area (Å²) in [7, 11) is 0. The number of nitro groups is 2. The first-order chi connectivity index (χ1) is 21.7. The maximum atomic E-state index is 12.5. The van der Waals surface area contributed by atoms with Gasteiger partial charge in [-0.25, -0.2) is 4.98 Å². The highest BCUT2D eigenvalue weighted by molar-refractivity contribution is 5.95. The summed E-state index contributed by atoms with van der Waals surface area (Å²) in [6.07, 6.45) is 2.85. The minimum atomic E-state index is -0.591. The van der Waals surface area contributed by atoms with Gasteiger partial charge in [0, 0.05) is 37.0 Å². The molecule has 5 N–H and O–H groups in total. The van der Waals surface area contributed by atoms with E-state index in [0.29, 0.717) is 28.1 Å². The van der Waals surface area contributed by atoms with Crippen LogP contribution in [0.2, 0.25) is 0 Å². The summed E-state index contributed by atoms with van der Waals surface area (Å²) in [5, 5.41) is 50.3. The molecular weight excluding hydrogens is 586 g/mol.